The van der Waals surface area contributed by atoms with Crippen molar-refractivity contribution in [3.63, 3.8) is 0 Å². The Morgan fingerprint density at radius 1 is 1.14 bits per heavy atom. The van der Waals surface area contributed by atoms with Crippen LogP contribution in [0.5, 0.6) is 0 Å². The number of aliphatic imine (C=N–C) groups is 1. The van der Waals surface area contributed by atoms with Gasteiger partial charge in [-0.2, -0.15) is 4.99 Å². The summed E-state index contributed by atoms with van der Waals surface area (Å²) in [4.78, 5) is 6.28. The molecule has 4 rings (SSSR count). The van der Waals surface area contributed by atoms with E-state index in [1.165, 1.54) is 0 Å². The van der Waals surface area contributed by atoms with Crippen molar-refractivity contribution in [2.45, 2.75) is 12.8 Å². The molecule has 1 aliphatic rings. The van der Waals surface area contributed by atoms with Crippen LogP contribution < -0.4 is 5.73 Å². The van der Waals surface area contributed by atoms with Crippen LogP contribution in [0.15, 0.2) is 64.1 Å². The summed E-state index contributed by atoms with van der Waals surface area (Å²) in [5.74, 6) is 0.951. The highest BCUT2D eigenvalue weighted by atomic mass is 19.1. The molecule has 29 heavy (non-hydrogen) atoms. The molecule has 0 spiro atoms. The summed E-state index contributed by atoms with van der Waals surface area (Å²) in [5, 5.41) is 3.99. The molecule has 1 aliphatic heterocycles. The number of hydrogen-bond donors (Lipinski definition) is 1. The maximum atomic E-state index is 14.7. The predicted molar refractivity (Wildman–Crippen MR) is 110 cm³/mol. The van der Waals surface area contributed by atoms with Gasteiger partial charge < -0.3 is 19.9 Å². The van der Waals surface area contributed by atoms with E-state index in [1.54, 1.807) is 18.2 Å². The van der Waals surface area contributed by atoms with Crippen molar-refractivity contribution >= 4 is 11.8 Å². The van der Waals surface area contributed by atoms with Crippen LogP contribution in [0.3, 0.4) is 0 Å². The molecule has 1 unspecified atom stereocenters. The Labute approximate surface area is 168 Å². The summed E-state index contributed by atoms with van der Waals surface area (Å²) >= 11 is 0. The van der Waals surface area contributed by atoms with Gasteiger partial charge in [0.05, 0.1) is 13.2 Å². The zero-order valence-corrected chi connectivity index (χ0v) is 16.2. The number of benzene rings is 2. The Morgan fingerprint density at radius 3 is 2.62 bits per heavy atom. The first-order valence-corrected chi connectivity index (χ1v) is 9.60. The van der Waals surface area contributed by atoms with E-state index in [0.717, 1.165) is 11.1 Å². The number of guanidine groups is 1. The largest absolute Gasteiger partial charge is 0.378 e. The van der Waals surface area contributed by atoms with Crippen LogP contribution >= 0.6 is 0 Å². The number of nitrogens with zero attached hydrogens (tertiary/aromatic N) is 3. The second-order valence-electron chi connectivity index (χ2n) is 6.98. The highest BCUT2D eigenvalue weighted by Crippen LogP contribution is 2.30. The number of halogens is 1. The van der Waals surface area contributed by atoms with E-state index in [-0.39, 0.29) is 11.7 Å². The maximum absolute atomic E-state index is 14.7. The number of nitrogens with two attached hydrogens (primary N) is 1. The third-order valence-corrected chi connectivity index (χ3v) is 5.08. The monoisotopic (exact) mass is 394 g/mol. The lowest BCUT2D eigenvalue weighted by atomic mass is 9.95. The Balaban J connectivity index is 1.51. The number of rotatable bonds is 4. The van der Waals surface area contributed by atoms with Crippen LogP contribution in [-0.4, -0.2) is 42.3 Å². The molecule has 2 aromatic carbocycles. The van der Waals surface area contributed by atoms with Gasteiger partial charge in [0, 0.05) is 30.6 Å². The molecule has 3 aromatic rings. The van der Waals surface area contributed by atoms with E-state index in [2.05, 4.69) is 10.1 Å². The van der Waals surface area contributed by atoms with Crippen molar-refractivity contribution in [2.24, 2.45) is 10.7 Å². The molecule has 1 fully saturated rings. The molecule has 1 aromatic heterocycles. The number of aromatic nitrogens is 1. The van der Waals surface area contributed by atoms with Crippen LogP contribution in [0.1, 0.15) is 24.2 Å². The Morgan fingerprint density at radius 2 is 1.90 bits per heavy atom. The molecule has 6 nitrogen and oxygen atoms in total. The van der Waals surface area contributed by atoms with Gasteiger partial charge in [0.2, 0.25) is 0 Å². The average molecular weight is 394 g/mol. The molecule has 0 bridgehead atoms. The zero-order chi connectivity index (χ0) is 20.2. The fourth-order valence-electron chi connectivity index (χ4n) is 3.33. The fraction of sp³-hybridized carbons (Fsp3) is 0.273. The van der Waals surface area contributed by atoms with Gasteiger partial charge >= 0.3 is 0 Å². The standard InChI is InChI=1S/C22H23FN4O2/c1-15(17-7-8-18(19(23)13-17)16-5-3-2-4-6-16)20-14-21(26-29-20)25-22(24)27-9-11-28-12-10-27/h2-8,13-15H,9-12H2,1H3,(H2,24,25,26). The Kier molecular flexibility index (Phi) is 5.57. The van der Waals surface area contributed by atoms with E-state index < -0.39 is 0 Å². The number of morpholine rings is 1. The molecule has 1 atom stereocenters. The summed E-state index contributed by atoms with van der Waals surface area (Å²) in [6.07, 6.45) is 0. The molecular weight excluding hydrogens is 371 g/mol. The molecule has 0 amide bonds. The molecule has 150 valence electrons. The summed E-state index contributed by atoms with van der Waals surface area (Å²) in [6, 6.07) is 16.5. The molecule has 1 saturated heterocycles. The second-order valence-corrected chi connectivity index (χ2v) is 6.98. The first-order valence-electron chi connectivity index (χ1n) is 9.60. The first kappa shape index (κ1) is 19.1. The zero-order valence-electron chi connectivity index (χ0n) is 16.2. The molecule has 0 radical (unpaired) electrons. The number of ether oxygens (including phenoxy) is 1. The summed E-state index contributed by atoms with van der Waals surface area (Å²) in [5.41, 5.74) is 8.28. The van der Waals surface area contributed by atoms with Gasteiger partial charge in [-0.05, 0) is 17.2 Å². The van der Waals surface area contributed by atoms with Gasteiger partial charge in [0.15, 0.2) is 11.8 Å². The van der Waals surface area contributed by atoms with Gasteiger partial charge in [-0.3, -0.25) is 0 Å². The summed E-state index contributed by atoms with van der Waals surface area (Å²) in [6.45, 7) is 4.59. The Bertz CT molecular complexity index is 997. The minimum absolute atomic E-state index is 0.171. The lowest BCUT2D eigenvalue weighted by molar-refractivity contribution is 0.0675. The molecule has 2 heterocycles. The van der Waals surface area contributed by atoms with Crippen LogP contribution in [0, 0.1) is 5.82 Å². The van der Waals surface area contributed by atoms with E-state index in [9.17, 15) is 4.39 Å². The quantitative estimate of drug-likeness (QED) is 0.536. The van der Waals surface area contributed by atoms with E-state index in [4.69, 9.17) is 15.0 Å². The highest BCUT2D eigenvalue weighted by Gasteiger charge is 2.18. The van der Waals surface area contributed by atoms with Crippen LogP contribution in [0.25, 0.3) is 11.1 Å². The molecule has 7 heteroatoms. The van der Waals surface area contributed by atoms with Gasteiger partial charge in [-0.25, -0.2) is 4.39 Å². The Hall–Kier alpha value is -3.19. The van der Waals surface area contributed by atoms with Crippen LogP contribution in [-0.2, 0) is 4.74 Å². The van der Waals surface area contributed by atoms with Crippen molar-refractivity contribution < 1.29 is 13.7 Å². The van der Waals surface area contributed by atoms with Crippen molar-refractivity contribution in [1.29, 1.82) is 0 Å². The smallest absolute Gasteiger partial charge is 0.198 e. The van der Waals surface area contributed by atoms with Crippen molar-refractivity contribution in [3.05, 3.63) is 71.7 Å². The maximum Gasteiger partial charge on any atom is 0.198 e. The van der Waals surface area contributed by atoms with Crippen molar-refractivity contribution in [3.8, 4) is 11.1 Å². The highest BCUT2D eigenvalue weighted by molar-refractivity contribution is 5.80. The van der Waals surface area contributed by atoms with Gasteiger partial charge in [-0.15, -0.1) is 0 Å². The molecule has 2 N–H and O–H groups in total. The normalized spacial score (nSPS) is 16.1. The third-order valence-electron chi connectivity index (χ3n) is 5.08. The second kappa shape index (κ2) is 8.45. The predicted octanol–water partition coefficient (Wildman–Crippen LogP) is 3.91. The van der Waals surface area contributed by atoms with Crippen molar-refractivity contribution in [2.75, 3.05) is 26.3 Å². The van der Waals surface area contributed by atoms with Crippen LogP contribution in [0.2, 0.25) is 0 Å². The minimum atomic E-state index is -0.269. The minimum Gasteiger partial charge on any atom is -0.378 e. The summed E-state index contributed by atoms with van der Waals surface area (Å²) < 4.78 is 25.5. The summed E-state index contributed by atoms with van der Waals surface area (Å²) in [7, 11) is 0. The molecular formula is C22H23FN4O2. The van der Waals surface area contributed by atoms with E-state index >= 15 is 0 Å². The average Bonchev–Trinajstić information content (AvgIpc) is 3.23. The molecule has 0 saturated carbocycles. The van der Waals surface area contributed by atoms with Gasteiger partial charge in [-0.1, -0.05) is 54.5 Å². The first-order chi connectivity index (χ1) is 14.1. The topological polar surface area (TPSA) is 76.9 Å². The SMILES string of the molecule is CC(c1ccc(-c2ccccc2)c(F)c1)c1cc(N=C(N)N2CCOCC2)no1. The van der Waals surface area contributed by atoms with Gasteiger partial charge in [0.25, 0.3) is 0 Å². The number of hydrogen-bond acceptors (Lipinski definition) is 4. The van der Waals surface area contributed by atoms with Crippen molar-refractivity contribution in [1.82, 2.24) is 10.1 Å². The fourth-order valence-corrected chi connectivity index (χ4v) is 3.33. The van der Waals surface area contributed by atoms with Gasteiger partial charge in [0.1, 0.15) is 11.6 Å². The van der Waals surface area contributed by atoms with E-state index in [0.29, 0.717) is 49.4 Å². The van der Waals surface area contributed by atoms with Crippen LogP contribution in [0.4, 0.5) is 10.2 Å². The lowest BCUT2D eigenvalue weighted by Gasteiger charge is -2.27. The molecule has 0 aliphatic carbocycles. The lowest BCUT2D eigenvalue weighted by Crippen LogP contribution is -2.44. The third kappa shape index (κ3) is 4.30. The van der Waals surface area contributed by atoms with E-state index in [1.807, 2.05) is 48.2 Å².